The molecular formula is C19H22N4O. The highest BCUT2D eigenvalue weighted by molar-refractivity contribution is 5.84. The number of aromatic nitrogens is 2. The highest BCUT2D eigenvalue weighted by Crippen LogP contribution is 2.19. The fourth-order valence-electron chi connectivity index (χ4n) is 2.93. The van der Waals surface area contributed by atoms with E-state index in [0.717, 1.165) is 11.1 Å². The Morgan fingerprint density at radius 3 is 2.67 bits per heavy atom. The van der Waals surface area contributed by atoms with Crippen molar-refractivity contribution in [1.29, 1.82) is 0 Å². The van der Waals surface area contributed by atoms with Crippen LogP contribution in [0, 0.1) is 0 Å². The Bertz CT molecular complexity index is 855. The summed E-state index contributed by atoms with van der Waals surface area (Å²) in [5.41, 5.74) is 1.99. The van der Waals surface area contributed by atoms with Crippen molar-refractivity contribution in [3.63, 3.8) is 0 Å². The normalized spacial score (nSPS) is 12.3. The van der Waals surface area contributed by atoms with Gasteiger partial charge in [0.2, 0.25) is 5.91 Å². The van der Waals surface area contributed by atoms with Gasteiger partial charge in [0, 0.05) is 32.4 Å². The number of hydrogen-bond donors (Lipinski definition) is 1. The zero-order chi connectivity index (χ0) is 17.1. The van der Waals surface area contributed by atoms with Crippen molar-refractivity contribution >= 4 is 16.7 Å². The van der Waals surface area contributed by atoms with Crippen LogP contribution >= 0.6 is 0 Å². The molecule has 0 fully saturated rings. The number of amides is 1. The average Bonchev–Trinajstić information content (AvgIpc) is 3.01. The Labute approximate surface area is 141 Å². The lowest BCUT2D eigenvalue weighted by atomic mass is 10.1. The van der Waals surface area contributed by atoms with Gasteiger partial charge in [-0.1, -0.05) is 36.4 Å². The van der Waals surface area contributed by atoms with Gasteiger partial charge in [-0.2, -0.15) is 5.10 Å². The van der Waals surface area contributed by atoms with Crippen molar-refractivity contribution in [2.75, 3.05) is 14.1 Å². The average molecular weight is 322 g/mol. The van der Waals surface area contributed by atoms with E-state index >= 15 is 0 Å². The Morgan fingerprint density at radius 1 is 1.25 bits per heavy atom. The van der Waals surface area contributed by atoms with Gasteiger partial charge in [0.25, 0.3) is 0 Å². The molecule has 3 rings (SSSR count). The van der Waals surface area contributed by atoms with E-state index in [1.54, 1.807) is 22.8 Å². The summed E-state index contributed by atoms with van der Waals surface area (Å²) >= 11 is 0. The quantitative estimate of drug-likeness (QED) is 0.785. The summed E-state index contributed by atoms with van der Waals surface area (Å²) in [5, 5.41) is 9.63. The van der Waals surface area contributed by atoms with Crippen molar-refractivity contribution in [2.24, 2.45) is 7.05 Å². The third kappa shape index (κ3) is 3.31. The van der Waals surface area contributed by atoms with Crippen molar-refractivity contribution < 1.29 is 4.79 Å². The molecule has 5 nitrogen and oxygen atoms in total. The number of hydrogen-bond acceptors (Lipinski definition) is 3. The maximum atomic E-state index is 12.8. The number of likely N-dealkylation sites (N-methyl/N-ethyl adjacent to an activating group) is 2. The molecule has 1 heterocycles. The number of carbonyl (C=O) groups excluding carboxylic acids is 1. The van der Waals surface area contributed by atoms with Crippen molar-refractivity contribution in [2.45, 2.75) is 12.6 Å². The second-order valence-corrected chi connectivity index (χ2v) is 6.04. The number of benzene rings is 2. The molecule has 1 amide bonds. The van der Waals surface area contributed by atoms with Crippen LogP contribution < -0.4 is 5.32 Å². The molecule has 3 aromatic rings. The van der Waals surface area contributed by atoms with Crippen LogP contribution in [0.25, 0.3) is 10.8 Å². The smallest absolute Gasteiger partial charge is 0.244 e. The number of rotatable bonds is 5. The van der Waals surface area contributed by atoms with Gasteiger partial charge in [-0.05, 0) is 29.4 Å². The van der Waals surface area contributed by atoms with Crippen LogP contribution in [0.4, 0.5) is 0 Å². The molecule has 1 N–H and O–H groups in total. The zero-order valence-corrected chi connectivity index (χ0v) is 14.2. The maximum absolute atomic E-state index is 12.8. The molecule has 0 aliphatic carbocycles. The predicted molar refractivity (Wildman–Crippen MR) is 95.4 cm³/mol. The monoisotopic (exact) mass is 322 g/mol. The summed E-state index contributed by atoms with van der Waals surface area (Å²) in [6.07, 6.45) is 3.59. The van der Waals surface area contributed by atoms with Crippen LogP contribution in [-0.2, 0) is 18.4 Å². The summed E-state index contributed by atoms with van der Waals surface area (Å²) in [7, 11) is 5.47. The third-order valence-electron chi connectivity index (χ3n) is 4.20. The maximum Gasteiger partial charge on any atom is 0.244 e. The first kappa shape index (κ1) is 16.2. The van der Waals surface area contributed by atoms with Gasteiger partial charge >= 0.3 is 0 Å². The van der Waals surface area contributed by atoms with Gasteiger partial charge in [0.05, 0.1) is 6.20 Å². The van der Waals surface area contributed by atoms with Gasteiger partial charge in [-0.15, -0.1) is 0 Å². The molecule has 0 radical (unpaired) electrons. The van der Waals surface area contributed by atoms with Gasteiger partial charge in [0.15, 0.2) is 0 Å². The molecule has 1 aromatic heterocycles. The predicted octanol–water partition coefficient (Wildman–Crippen LogP) is 2.49. The summed E-state index contributed by atoms with van der Waals surface area (Å²) in [4.78, 5) is 14.5. The van der Waals surface area contributed by atoms with E-state index in [-0.39, 0.29) is 11.9 Å². The highest BCUT2D eigenvalue weighted by atomic mass is 16.2. The molecule has 124 valence electrons. The fourth-order valence-corrected chi connectivity index (χ4v) is 2.93. The fraction of sp³-hybridized carbons (Fsp3) is 0.263. The van der Waals surface area contributed by atoms with E-state index in [4.69, 9.17) is 0 Å². The molecule has 0 saturated heterocycles. The van der Waals surface area contributed by atoms with Gasteiger partial charge < -0.3 is 10.2 Å². The molecule has 0 saturated carbocycles. The molecule has 0 spiro atoms. The van der Waals surface area contributed by atoms with Crippen LogP contribution in [0.5, 0.6) is 0 Å². The molecular weight excluding hydrogens is 300 g/mol. The molecule has 24 heavy (non-hydrogen) atoms. The number of aryl methyl sites for hydroxylation is 1. The molecule has 5 heteroatoms. The second-order valence-electron chi connectivity index (χ2n) is 6.04. The molecule has 0 aliphatic heterocycles. The minimum Gasteiger partial charge on any atom is -0.340 e. The van der Waals surface area contributed by atoms with E-state index < -0.39 is 0 Å². The second kappa shape index (κ2) is 6.84. The van der Waals surface area contributed by atoms with Crippen LogP contribution in [0.15, 0.2) is 54.9 Å². The Kier molecular flexibility index (Phi) is 4.62. The minimum absolute atomic E-state index is 0.0265. The summed E-state index contributed by atoms with van der Waals surface area (Å²) in [6.45, 7) is 0.572. The van der Waals surface area contributed by atoms with E-state index in [9.17, 15) is 4.79 Å². The van der Waals surface area contributed by atoms with Crippen molar-refractivity contribution in [3.8, 4) is 0 Å². The number of fused-ring (bicyclic) bond motifs is 1. The SMILES string of the molecule is CNC(C(=O)N(C)Cc1ccc2ccccc2c1)c1cnn(C)c1. The molecule has 0 bridgehead atoms. The first-order chi connectivity index (χ1) is 11.6. The van der Waals surface area contributed by atoms with Gasteiger partial charge in [0.1, 0.15) is 6.04 Å². The van der Waals surface area contributed by atoms with E-state index in [1.807, 2.05) is 32.4 Å². The first-order valence-electron chi connectivity index (χ1n) is 7.97. The standard InChI is InChI=1S/C19H22N4O/c1-20-18(17-11-21-23(3)13-17)19(24)22(2)12-14-8-9-15-6-4-5-7-16(15)10-14/h4-11,13,18,20H,12H2,1-3H3. The Balaban J connectivity index is 1.76. The number of nitrogens with zero attached hydrogens (tertiary/aromatic N) is 3. The molecule has 0 aliphatic rings. The topological polar surface area (TPSA) is 50.2 Å². The third-order valence-corrected chi connectivity index (χ3v) is 4.20. The van der Waals surface area contributed by atoms with Crippen LogP contribution in [0.1, 0.15) is 17.2 Å². The van der Waals surface area contributed by atoms with Crippen LogP contribution in [0.2, 0.25) is 0 Å². The summed E-state index contributed by atoms with van der Waals surface area (Å²) < 4.78 is 1.70. The summed E-state index contributed by atoms with van der Waals surface area (Å²) in [5.74, 6) is 0.0265. The van der Waals surface area contributed by atoms with E-state index in [0.29, 0.717) is 6.54 Å². The van der Waals surface area contributed by atoms with E-state index in [1.165, 1.54) is 10.8 Å². The van der Waals surface area contributed by atoms with Crippen molar-refractivity contribution in [1.82, 2.24) is 20.0 Å². The molecule has 1 unspecified atom stereocenters. The number of nitrogens with one attached hydrogen (secondary N) is 1. The van der Waals surface area contributed by atoms with Crippen LogP contribution in [-0.4, -0.2) is 34.7 Å². The number of carbonyl (C=O) groups is 1. The van der Waals surface area contributed by atoms with Crippen molar-refractivity contribution in [3.05, 3.63) is 66.0 Å². The van der Waals surface area contributed by atoms with E-state index in [2.05, 4.69) is 40.7 Å². The first-order valence-corrected chi connectivity index (χ1v) is 7.97. The Morgan fingerprint density at radius 2 is 2.00 bits per heavy atom. The largest absolute Gasteiger partial charge is 0.340 e. The van der Waals surface area contributed by atoms with Gasteiger partial charge in [-0.3, -0.25) is 9.48 Å². The summed E-state index contributed by atoms with van der Waals surface area (Å²) in [6, 6.07) is 14.2. The lowest BCUT2D eigenvalue weighted by Crippen LogP contribution is -2.37. The lowest BCUT2D eigenvalue weighted by molar-refractivity contribution is -0.132. The molecule has 1 atom stereocenters. The van der Waals surface area contributed by atoms with Gasteiger partial charge in [-0.25, -0.2) is 0 Å². The lowest BCUT2D eigenvalue weighted by Gasteiger charge is -2.23. The zero-order valence-electron chi connectivity index (χ0n) is 14.2. The highest BCUT2D eigenvalue weighted by Gasteiger charge is 2.23. The van der Waals surface area contributed by atoms with Crippen LogP contribution in [0.3, 0.4) is 0 Å². The Hall–Kier alpha value is -2.66. The molecule has 2 aromatic carbocycles. The minimum atomic E-state index is -0.385.